The molecule has 0 fully saturated rings. The van der Waals surface area contributed by atoms with Crippen LogP contribution in [0.3, 0.4) is 0 Å². The van der Waals surface area contributed by atoms with Crippen LogP contribution < -0.4 is 5.84 Å². The van der Waals surface area contributed by atoms with E-state index in [0.717, 1.165) is 12.0 Å². The van der Waals surface area contributed by atoms with Gasteiger partial charge in [-0.2, -0.15) is 0 Å². The molecule has 0 saturated carbocycles. The molecule has 0 unspecified atom stereocenters. The van der Waals surface area contributed by atoms with Gasteiger partial charge in [0.25, 0.3) is 0 Å². The summed E-state index contributed by atoms with van der Waals surface area (Å²) in [6, 6.07) is 1.77. The quantitative estimate of drug-likeness (QED) is 0.495. The highest BCUT2D eigenvalue weighted by Crippen LogP contribution is 2.27. The summed E-state index contributed by atoms with van der Waals surface area (Å²) in [6.45, 7) is 5.93. The molecule has 2 aromatic rings. The van der Waals surface area contributed by atoms with Crippen molar-refractivity contribution in [1.82, 2.24) is 14.9 Å². The van der Waals surface area contributed by atoms with Crippen LogP contribution in [0.1, 0.15) is 26.0 Å². The summed E-state index contributed by atoms with van der Waals surface area (Å²) in [4.78, 5) is 11.8. The summed E-state index contributed by atoms with van der Waals surface area (Å²) in [5, 5.41) is 8.11. The molecule has 21 heavy (non-hydrogen) atoms. The molecule has 0 aliphatic heterocycles. The number of aryl methyl sites for hydroxylation is 1. The van der Waals surface area contributed by atoms with Gasteiger partial charge in [0, 0.05) is 0 Å². The SMILES string of the molecule is CCCOC(=O)[C@H](C)Sc1nnc(-c2ccoc2C)n1N. The zero-order valence-electron chi connectivity index (χ0n) is 12.2. The highest BCUT2D eigenvalue weighted by molar-refractivity contribution is 8.00. The molecule has 0 aromatic carbocycles. The van der Waals surface area contributed by atoms with Crippen LogP contribution in [-0.4, -0.2) is 32.7 Å². The van der Waals surface area contributed by atoms with Gasteiger partial charge in [-0.15, -0.1) is 10.2 Å². The van der Waals surface area contributed by atoms with Gasteiger partial charge in [-0.25, -0.2) is 4.68 Å². The van der Waals surface area contributed by atoms with E-state index in [0.29, 0.717) is 23.3 Å². The number of nitrogens with two attached hydrogens (primary N) is 1. The van der Waals surface area contributed by atoms with E-state index in [2.05, 4.69) is 10.2 Å². The maximum absolute atomic E-state index is 11.8. The van der Waals surface area contributed by atoms with Crippen LogP contribution in [0.15, 0.2) is 21.9 Å². The van der Waals surface area contributed by atoms with E-state index < -0.39 is 5.25 Å². The number of hydrogen-bond acceptors (Lipinski definition) is 7. The Labute approximate surface area is 126 Å². The highest BCUT2D eigenvalue weighted by Gasteiger charge is 2.21. The molecule has 8 heteroatoms. The highest BCUT2D eigenvalue weighted by atomic mass is 32.2. The number of rotatable bonds is 6. The van der Waals surface area contributed by atoms with Gasteiger partial charge < -0.3 is 15.0 Å². The third-order valence-corrected chi connectivity index (χ3v) is 3.86. The summed E-state index contributed by atoms with van der Waals surface area (Å²) >= 11 is 1.21. The molecule has 0 amide bonds. The second kappa shape index (κ2) is 6.66. The van der Waals surface area contributed by atoms with E-state index in [1.165, 1.54) is 16.4 Å². The first-order valence-electron chi connectivity index (χ1n) is 6.62. The van der Waals surface area contributed by atoms with Crippen molar-refractivity contribution in [3.05, 3.63) is 18.1 Å². The van der Waals surface area contributed by atoms with Crippen molar-refractivity contribution in [1.29, 1.82) is 0 Å². The average molecular weight is 310 g/mol. The minimum atomic E-state index is -0.402. The van der Waals surface area contributed by atoms with Gasteiger partial charge in [0.1, 0.15) is 11.0 Å². The Bertz CT molecular complexity index is 623. The zero-order valence-corrected chi connectivity index (χ0v) is 13.0. The van der Waals surface area contributed by atoms with Crippen LogP contribution in [0.5, 0.6) is 0 Å². The van der Waals surface area contributed by atoms with Crippen molar-refractivity contribution in [2.45, 2.75) is 37.6 Å². The molecule has 0 aliphatic carbocycles. The molecule has 2 heterocycles. The molecule has 2 rings (SSSR count). The number of hydrogen-bond donors (Lipinski definition) is 1. The lowest BCUT2D eigenvalue weighted by Gasteiger charge is -2.10. The summed E-state index contributed by atoms with van der Waals surface area (Å²) in [6.07, 6.45) is 2.36. The zero-order chi connectivity index (χ0) is 15.4. The molecule has 2 N–H and O–H groups in total. The summed E-state index contributed by atoms with van der Waals surface area (Å²) < 4.78 is 11.7. The fraction of sp³-hybridized carbons (Fsp3) is 0.462. The van der Waals surface area contributed by atoms with Crippen LogP contribution in [-0.2, 0) is 9.53 Å². The Morgan fingerprint density at radius 3 is 2.95 bits per heavy atom. The van der Waals surface area contributed by atoms with E-state index in [1.54, 1.807) is 19.3 Å². The monoisotopic (exact) mass is 310 g/mol. The molecule has 0 bridgehead atoms. The number of thioether (sulfide) groups is 1. The lowest BCUT2D eigenvalue weighted by molar-refractivity contribution is -0.142. The number of ether oxygens (including phenoxy) is 1. The van der Waals surface area contributed by atoms with Crippen LogP contribution in [0.25, 0.3) is 11.4 Å². The van der Waals surface area contributed by atoms with Crippen molar-refractivity contribution in [2.75, 3.05) is 12.4 Å². The Morgan fingerprint density at radius 1 is 1.57 bits per heavy atom. The largest absolute Gasteiger partial charge is 0.469 e. The first kappa shape index (κ1) is 15.4. The maximum Gasteiger partial charge on any atom is 0.319 e. The Kier molecular flexibility index (Phi) is 4.89. The van der Waals surface area contributed by atoms with Crippen molar-refractivity contribution in [2.24, 2.45) is 0 Å². The van der Waals surface area contributed by atoms with Crippen molar-refractivity contribution >= 4 is 17.7 Å². The third kappa shape index (κ3) is 3.38. The molecule has 2 aromatic heterocycles. The van der Waals surface area contributed by atoms with Crippen LogP contribution in [0.4, 0.5) is 0 Å². The molecule has 7 nitrogen and oxygen atoms in total. The number of carbonyl (C=O) groups excluding carboxylic acids is 1. The minimum absolute atomic E-state index is 0.286. The molecule has 0 radical (unpaired) electrons. The van der Waals surface area contributed by atoms with E-state index >= 15 is 0 Å². The Hall–Kier alpha value is -1.96. The minimum Gasteiger partial charge on any atom is -0.469 e. The number of carbonyl (C=O) groups is 1. The van der Waals surface area contributed by atoms with Gasteiger partial charge in [0.15, 0.2) is 5.82 Å². The van der Waals surface area contributed by atoms with Gasteiger partial charge in [-0.1, -0.05) is 18.7 Å². The number of furan rings is 1. The summed E-state index contributed by atoms with van der Waals surface area (Å²) in [5.74, 6) is 6.91. The fourth-order valence-corrected chi connectivity index (χ4v) is 2.45. The van der Waals surface area contributed by atoms with Gasteiger partial charge in [0.2, 0.25) is 5.16 Å². The average Bonchev–Trinajstić information content (AvgIpc) is 3.03. The molecule has 114 valence electrons. The second-order valence-corrected chi connectivity index (χ2v) is 5.80. The number of nitrogen functional groups attached to an aromatic ring is 1. The van der Waals surface area contributed by atoms with E-state index in [4.69, 9.17) is 15.0 Å². The van der Waals surface area contributed by atoms with E-state index in [-0.39, 0.29) is 5.97 Å². The van der Waals surface area contributed by atoms with Gasteiger partial charge in [-0.3, -0.25) is 4.79 Å². The molecule has 1 atom stereocenters. The number of aromatic nitrogens is 3. The van der Waals surface area contributed by atoms with Crippen LogP contribution in [0, 0.1) is 6.92 Å². The Balaban J connectivity index is 2.11. The summed E-state index contributed by atoms with van der Waals surface area (Å²) in [7, 11) is 0. The first-order chi connectivity index (χ1) is 10.0. The predicted molar refractivity (Wildman–Crippen MR) is 79.2 cm³/mol. The lowest BCUT2D eigenvalue weighted by Crippen LogP contribution is -2.19. The normalized spacial score (nSPS) is 12.3. The number of nitrogens with zero attached hydrogens (tertiary/aromatic N) is 3. The Morgan fingerprint density at radius 2 is 2.33 bits per heavy atom. The maximum atomic E-state index is 11.8. The molecular weight excluding hydrogens is 292 g/mol. The third-order valence-electron chi connectivity index (χ3n) is 2.83. The predicted octanol–water partition coefficient (Wildman–Crippen LogP) is 1.99. The molecule has 0 saturated heterocycles. The molecule has 0 aliphatic rings. The van der Waals surface area contributed by atoms with Gasteiger partial charge in [0.05, 0.1) is 18.4 Å². The smallest absolute Gasteiger partial charge is 0.319 e. The van der Waals surface area contributed by atoms with Crippen LogP contribution >= 0.6 is 11.8 Å². The fourth-order valence-electron chi connectivity index (χ4n) is 1.68. The van der Waals surface area contributed by atoms with E-state index in [9.17, 15) is 4.79 Å². The van der Waals surface area contributed by atoms with Gasteiger partial charge in [-0.05, 0) is 26.3 Å². The standard InChI is InChI=1S/C13H18N4O3S/c1-4-6-20-12(18)9(3)21-13-16-15-11(17(13)14)10-5-7-19-8(10)2/h5,7,9H,4,6,14H2,1-3H3/t9-/m0/s1. The van der Waals surface area contributed by atoms with Crippen LogP contribution in [0.2, 0.25) is 0 Å². The van der Waals surface area contributed by atoms with Crippen molar-refractivity contribution in [3.8, 4) is 11.4 Å². The molecular formula is C13H18N4O3S. The molecule has 0 spiro atoms. The summed E-state index contributed by atoms with van der Waals surface area (Å²) in [5.41, 5.74) is 0.776. The number of esters is 1. The topological polar surface area (TPSA) is 96.2 Å². The van der Waals surface area contributed by atoms with Crippen molar-refractivity contribution in [3.63, 3.8) is 0 Å². The van der Waals surface area contributed by atoms with Gasteiger partial charge >= 0.3 is 5.97 Å². The van der Waals surface area contributed by atoms with Crippen molar-refractivity contribution < 1.29 is 13.9 Å². The lowest BCUT2D eigenvalue weighted by atomic mass is 10.2. The van der Waals surface area contributed by atoms with E-state index in [1.807, 2.05) is 13.8 Å². The second-order valence-electron chi connectivity index (χ2n) is 4.49. The first-order valence-corrected chi connectivity index (χ1v) is 7.50.